The number of carbonyl (C=O) groups is 4. The fourth-order valence-corrected chi connectivity index (χ4v) is 4.54. The molecule has 0 aliphatic carbocycles. The molecule has 0 bridgehead atoms. The number of aliphatic carboxylic acids is 2. The molecule has 0 saturated heterocycles. The van der Waals surface area contributed by atoms with E-state index in [4.69, 9.17) is 15.9 Å². The molecule has 2 rings (SSSR count). The van der Waals surface area contributed by atoms with Crippen LogP contribution in [0.3, 0.4) is 0 Å². The molecule has 2 amide bonds. The fourth-order valence-electron chi connectivity index (χ4n) is 3.16. The molecule has 0 fully saturated rings. The lowest BCUT2D eigenvalue weighted by molar-refractivity contribution is -0.139. The second-order valence-corrected chi connectivity index (χ2v) is 8.14. The molecule has 2 heterocycles. The van der Waals surface area contributed by atoms with Crippen LogP contribution in [0.1, 0.15) is 35.8 Å². The Morgan fingerprint density at radius 3 is 2.67 bits per heavy atom. The van der Waals surface area contributed by atoms with Gasteiger partial charge in [-0.1, -0.05) is 0 Å². The molecule has 11 nitrogen and oxygen atoms in total. The molecular weight excluding hydrogens is 416 g/mol. The molecule has 3 unspecified atom stereocenters. The van der Waals surface area contributed by atoms with Gasteiger partial charge in [0.05, 0.1) is 6.61 Å². The number of aliphatic hydroxyl groups excluding tert-OH is 1. The maximum Gasteiger partial charge on any atom is 0.322 e. The predicted molar refractivity (Wildman–Crippen MR) is 108 cm³/mol. The molecule has 30 heavy (non-hydrogen) atoms. The van der Waals surface area contributed by atoms with Crippen LogP contribution in [-0.4, -0.2) is 68.0 Å². The summed E-state index contributed by atoms with van der Waals surface area (Å²) in [6, 6.07) is -0.343. The Bertz CT molecular complexity index is 797. The van der Waals surface area contributed by atoms with Crippen molar-refractivity contribution in [3.63, 3.8) is 0 Å². The van der Waals surface area contributed by atoms with Crippen LogP contribution in [-0.2, 0) is 32.3 Å². The summed E-state index contributed by atoms with van der Waals surface area (Å²) in [5.74, 6) is -3.44. The largest absolute Gasteiger partial charge is 0.480 e. The van der Waals surface area contributed by atoms with Gasteiger partial charge in [-0.15, -0.1) is 11.8 Å². The first-order valence-electron chi connectivity index (χ1n) is 9.40. The number of aliphatic hydroxyl groups is 1. The van der Waals surface area contributed by atoms with E-state index in [0.29, 0.717) is 0 Å². The number of rotatable bonds is 12. The van der Waals surface area contributed by atoms with E-state index in [-0.39, 0.29) is 30.5 Å². The zero-order chi connectivity index (χ0) is 22.3. The van der Waals surface area contributed by atoms with E-state index in [1.807, 2.05) is 16.8 Å². The van der Waals surface area contributed by atoms with Crippen LogP contribution in [0.4, 0.5) is 0 Å². The maximum absolute atomic E-state index is 12.4. The number of aromatic nitrogens is 1. The number of nitrogens with one attached hydrogen (secondary N) is 2. The van der Waals surface area contributed by atoms with Crippen LogP contribution in [0.15, 0.2) is 12.3 Å². The summed E-state index contributed by atoms with van der Waals surface area (Å²) in [5.41, 5.74) is 7.18. The Morgan fingerprint density at radius 2 is 2.03 bits per heavy atom. The lowest BCUT2D eigenvalue weighted by Crippen LogP contribution is -2.49. The van der Waals surface area contributed by atoms with Gasteiger partial charge in [0.1, 0.15) is 18.6 Å². The van der Waals surface area contributed by atoms with Crippen molar-refractivity contribution in [2.75, 3.05) is 12.3 Å². The van der Waals surface area contributed by atoms with Crippen LogP contribution in [0.25, 0.3) is 0 Å². The van der Waals surface area contributed by atoms with Gasteiger partial charge in [-0.3, -0.25) is 19.2 Å². The summed E-state index contributed by atoms with van der Waals surface area (Å²) in [7, 11) is 0. The number of hydrogen-bond acceptors (Lipinski definition) is 7. The third-order valence-electron chi connectivity index (χ3n) is 4.73. The van der Waals surface area contributed by atoms with Gasteiger partial charge >= 0.3 is 11.9 Å². The Balaban J connectivity index is 1.99. The molecule has 0 saturated carbocycles. The third-order valence-corrected chi connectivity index (χ3v) is 6.12. The van der Waals surface area contributed by atoms with Gasteiger partial charge in [0.25, 0.3) is 0 Å². The fraction of sp³-hybridized carbons (Fsp3) is 0.556. The van der Waals surface area contributed by atoms with Gasteiger partial charge in [0.15, 0.2) is 0 Å². The first-order chi connectivity index (χ1) is 14.2. The minimum atomic E-state index is -1.22. The van der Waals surface area contributed by atoms with Crippen LogP contribution in [0.2, 0.25) is 0 Å². The minimum absolute atomic E-state index is 0.0225. The van der Waals surface area contributed by atoms with E-state index < -0.39 is 42.4 Å². The number of amides is 2. The third kappa shape index (κ3) is 6.47. The number of carboxylic acid groups (broad SMARTS) is 2. The van der Waals surface area contributed by atoms with Gasteiger partial charge in [0.2, 0.25) is 11.8 Å². The lowest BCUT2D eigenvalue weighted by Gasteiger charge is -2.20. The topological polar surface area (TPSA) is 184 Å². The van der Waals surface area contributed by atoms with Crippen LogP contribution in [0, 0.1) is 0 Å². The van der Waals surface area contributed by atoms with Gasteiger partial charge in [-0.05, 0) is 24.5 Å². The smallest absolute Gasteiger partial charge is 0.322 e. The quantitative estimate of drug-likeness (QED) is 0.237. The molecule has 0 spiro atoms. The number of carbonyl (C=O) groups excluding carboxylic acids is 2. The molecular formula is C18H26N4O7S. The van der Waals surface area contributed by atoms with E-state index in [9.17, 15) is 24.3 Å². The SMILES string of the molecule is NC(CCC(=O)NC(CSC1CCn2ccc(CO)c21)C(=O)NCC(=O)O)C(=O)O. The Hall–Kier alpha value is -2.57. The average Bonchev–Trinajstić information content (AvgIpc) is 3.29. The van der Waals surface area contributed by atoms with Crippen LogP contribution >= 0.6 is 11.8 Å². The lowest BCUT2D eigenvalue weighted by atomic mass is 10.1. The maximum atomic E-state index is 12.4. The molecule has 1 aliphatic rings. The average molecular weight is 442 g/mol. The van der Waals surface area contributed by atoms with Crippen molar-refractivity contribution >= 4 is 35.5 Å². The molecule has 1 aliphatic heterocycles. The predicted octanol–water partition coefficient (Wildman–Crippen LogP) is -0.964. The minimum Gasteiger partial charge on any atom is -0.480 e. The summed E-state index contributed by atoms with van der Waals surface area (Å²) in [6.07, 6.45) is 2.43. The first-order valence-corrected chi connectivity index (χ1v) is 10.5. The summed E-state index contributed by atoms with van der Waals surface area (Å²) in [5, 5.41) is 31.9. The number of nitrogens with two attached hydrogens (primary N) is 1. The standard InChI is InChI=1S/C18H26N4O7S/c19-11(18(28)29)1-2-14(24)21-12(17(27)20-7-15(25)26)9-30-13-4-6-22-5-3-10(8-23)16(13)22/h3,5,11-13,23H,1-2,4,6-9,19H2,(H,20,27)(H,21,24)(H,25,26)(H,28,29). The molecule has 3 atom stereocenters. The van der Waals surface area contributed by atoms with E-state index in [1.54, 1.807) is 0 Å². The van der Waals surface area contributed by atoms with Gasteiger partial charge in [0, 0.05) is 35.9 Å². The zero-order valence-electron chi connectivity index (χ0n) is 16.2. The highest BCUT2D eigenvalue weighted by Gasteiger charge is 2.29. The zero-order valence-corrected chi connectivity index (χ0v) is 17.1. The van der Waals surface area contributed by atoms with E-state index in [1.165, 1.54) is 11.8 Å². The van der Waals surface area contributed by atoms with Gasteiger partial charge < -0.3 is 36.3 Å². The second-order valence-electron chi connectivity index (χ2n) is 6.90. The second kappa shape index (κ2) is 11.0. The van der Waals surface area contributed by atoms with E-state index in [0.717, 1.165) is 24.2 Å². The summed E-state index contributed by atoms with van der Waals surface area (Å²) in [6.45, 7) is 0.103. The highest BCUT2D eigenvalue weighted by molar-refractivity contribution is 7.99. The number of carboxylic acids is 2. The number of aryl methyl sites for hydroxylation is 1. The van der Waals surface area contributed by atoms with E-state index in [2.05, 4.69) is 10.6 Å². The molecule has 1 aromatic rings. The Labute approximate surface area is 177 Å². The van der Waals surface area contributed by atoms with Crippen LogP contribution < -0.4 is 16.4 Å². The highest BCUT2D eigenvalue weighted by Crippen LogP contribution is 2.40. The number of thioether (sulfide) groups is 1. The Kier molecular flexibility index (Phi) is 8.69. The van der Waals surface area contributed by atoms with Crippen molar-refractivity contribution in [2.45, 2.75) is 49.7 Å². The van der Waals surface area contributed by atoms with Gasteiger partial charge in [-0.2, -0.15) is 0 Å². The summed E-state index contributed by atoms with van der Waals surface area (Å²) < 4.78 is 2.04. The molecule has 0 radical (unpaired) electrons. The monoisotopic (exact) mass is 442 g/mol. The molecule has 12 heteroatoms. The normalized spacial score (nSPS) is 17.1. The molecule has 166 valence electrons. The molecule has 1 aromatic heterocycles. The van der Waals surface area contributed by atoms with E-state index >= 15 is 0 Å². The first kappa shape index (κ1) is 23.7. The van der Waals surface area contributed by atoms with Gasteiger partial charge in [-0.25, -0.2) is 0 Å². The van der Waals surface area contributed by atoms with Crippen molar-refractivity contribution < 1.29 is 34.5 Å². The van der Waals surface area contributed by atoms with Crippen molar-refractivity contribution in [3.8, 4) is 0 Å². The Morgan fingerprint density at radius 1 is 1.30 bits per heavy atom. The molecule has 7 N–H and O–H groups in total. The van der Waals surface area contributed by atoms with Crippen LogP contribution in [0.5, 0.6) is 0 Å². The van der Waals surface area contributed by atoms with Crippen molar-refractivity contribution in [1.29, 1.82) is 0 Å². The highest BCUT2D eigenvalue weighted by atomic mass is 32.2. The summed E-state index contributed by atoms with van der Waals surface area (Å²) >= 11 is 1.43. The van der Waals surface area contributed by atoms with Crippen molar-refractivity contribution in [2.24, 2.45) is 5.73 Å². The number of nitrogens with zero attached hydrogens (tertiary/aromatic N) is 1. The van der Waals surface area contributed by atoms with Crippen molar-refractivity contribution in [1.82, 2.24) is 15.2 Å². The number of hydrogen-bond donors (Lipinski definition) is 6. The van der Waals surface area contributed by atoms with Crippen molar-refractivity contribution in [3.05, 3.63) is 23.5 Å². The number of fused-ring (bicyclic) bond motifs is 1. The summed E-state index contributed by atoms with van der Waals surface area (Å²) in [4.78, 5) is 46.1. The molecule has 0 aromatic carbocycles.